The van der Waals surface area contributed by atoms with Gasteiger partial charge in [0.05, 0.1) is 29.0 Å². The molecule has 0 amide bonds. The molecule has 0 bridgehead atoms. The Labute approximate surface area is 108 Å². The van der Waals surface area contributed by atoms with E-state index in [0.717, 1.165) is 6.20 Å². The Morgan fingerprint density at radius 3 is 2.63 bits per heavy atom. The van der Waals surface area contributed by atoms with Gasteiger partial charge in [0, 0.05) is 6.20 Å². The van der Waals surface area contributed by atoms with E-state index in [1.54, 1.807) is 18.2 Å². The summed E-state index contributed by atoms with van der Waals surface area (Å²) in [7, 11) is 0. The largest absolute Gasteiger partial charge is 0.287 e. The summed E-state index contributed by atoms with van der Waals surface area (Å²) in [6.07, 6.45) is 3.72. The van der Waals surface area contributed by atoms with Gasteiger partial charge in [0.15, 0.2) is 5.82 Å². The molecule has 0 aliphatic rings. The van der Waals surface area contributed by atoms with E-state index in [2.05, 4.69) is 15.0 Å². The van der Waals surface area contributed by atoms with E-state index in [1.165, 1.54) is 18.5 Å². The lowest BCUT2D eigenvalue weighted by atomic mass is 10.1. The van der Waals surface area contributed by atoms with Gasteiger partial charge in [-0.25, -0.2) is 9.37 Å². The molecule has 0 N–H and O–H groups in total. The third-order valence-electron chi connectivity index (χ3n) is 2.70. The SMILES string of the molecule is O=C(c1cnc2ccccc2n1)c1ccncc1F. The van der Waals surface area contributed by atoms with Crippen LogP contribution in [0.15, 0.2) is 48.9 Å². The lowest BCUT2D eigenvalue weighted by Gasteiger charge is -2.02. The molecule has 3 aromatic rings. The van der Waals surface area contributed by atoms with Crippen LogP contribution in [-0.2, 0) is 0 Å². The van der Waals surface area contributed by atoms with Crippen molar-refractivity contribution in [2.24, 2.45) is 0 Å². The van der Waals surface area contributed by atoms with Crippen LogP contribution >= 0.6 is 0 Å². The minimum absolute atomic E-state index is 0.0559. The number of hydrogen-bond acceptors (Lipinski definition) is 4. The number of carbonyl (C=O) groups excluding carboxylic acids is 1. The van der Waals surface area contributed by atoms with Gasteiger partial charge in [0.2, 0.25) is 5.78 Å². The average molecular weight is 253 g/mol. The first-order valence-corrected chi connectivity index (χ1v) is 5.62. The van der Waals surface area contributed by atoms with E-state index in [0.29, 0.717) is 11.0 Å². The number of benzene rings is 1. The molecule has 0 radical (unpaired) electrons. The molecule has 2 aromatic heterocycles. The topological polar surface area (TPSA) is 55.7 Å². The number of pyridine rings is 1. The monoisotopic (exact) mass is 253 g/mol. The maximum atomic E-state index is 13.5. The van der Waals surface area contributed by atoms with E-state index in [9.17, 15) is 9.18 Å². The Bertz CT molecular complexity index is 773. The molecule has 0 unspecified atom stereocenters. The van der Waals surface area contributed by atoms with Crippen LogP contribution in [0.5, 0.6) is 0 Å². The van der Waals surface area contributed by atoms with Crippen LogP contribution in [0.3, 0.4) is 0 Å². The minimum Gasteiger partial charge on any atom is -0.287 e. The van der Waals surface area contributed by atoms with Crippen LogP contribution < -0.4 is 0 Å². The van der Waals surface area contributed by atoms with Crippen molar-refractivity contribution in [2.75, 3.05) is 0 Å². The Kier molecular flexibility index (Phi) is 2.72. The molecule has 0 atom stereocenters. The summed E-state index contributed by atoms with van der Waals surface area (Å²) in [5, 5.41) is 0. The van der Waals surface area contributed by atoms with E-state index in [-0.39, 0.29) is 11.3 Å². The number of ketones is 1. The minimum atomic E-state index is -0.664. The summed E-state index contributed by atoms with van der Waals surface area (Å²) in [5.74, 6) is -1.17. The predicted molar refractivity (Wildman–Crippen MR) is 67.2 cm³/mol. The maximum Gasteiger partial charge on any atom is 0.216 e. The standard InChI is InChI=1S/C14H8FN3O/c15-10-7-16-6-5-9(10)14(19)13-8-17-11-3-1-2-4-12(11)18-13/h1-8H. The Morgan fingerprint density at radius 2 is 1.84 bits per heavy atom. The van der Waals surface area contributed by atoms with Crippen LogP contribution in [0.2, 0.25) is 0 Å². The van der Waals surface area contributed by atoms with Crippen molar-refractivity contribution >= 4 is 16.8 Å². The molecule has 0 fully saturated rings. The van der Waals surface area contributed by atoms with E-state index >= 15 is 0 Å². The molecule has 2 heterocycles. The number of halogens is 1. The molecule has 0 saturated heterocycles. The van der Waals surface area contributed by atoms with Gasteiger partial charge in [-0.2, -0.15) is 0 Å². The van der Waals surface area contributed by atoms with Gasteiger partial charge in [-0.1, -0.05) is 12.1 Å². The molecule has 3 rings (SSSR count). The Hall–Kier alpha value is -2.69. The molecule has 1 aromatic carbocycles. The summed E-state index contributed by atoms with van der Waals surface area (Å²) in [4.78, 5) is 24.1. The van der Waals surface area contributed by atoms with Crippen molar-refractivity contribution in [1.82, 2.24) is 15.0 Å². The predicted octanol–water partition coefficient (Wildman–Crippen LogP) is 2.39. The summed E-state index contributed by atoms with van der Waals surface area (Å²) >= 11 is 0. The first-order valence-electron chi connectivity index (χ1n) is 5.62. The second-order valence-electron chi connectivity index (χ2n) is 3.93. The van der Waals surface area contributed by atoms with E-state index in [1.807, 2.05) is 6.07 Å². The lowest BCUT2D eigenvalue weighted by molar-refractivity contribution is 0.103. The number of para-hydroxylation sites is 2. The van der Waals surface area contributed by atoms with Gasteiger partial charge in [-0.05, 0) is 18.2 Å². The van der Waals surface area contributed by atoms with Gasteiger partial charge in [-0.15, -0.1) is 0 Å². The fourth-order valence-electron chi connectivity index (χ4n) is 1.76. The Balaban J connectivity index is 2.09. The lowest BCUT2D eigenvalue weighted by Crippen LogP contribution is -2.07. The summed E-state index contributed by atoms with van der Waals surface area (Å²) < 4.78 is 13.5. The zero-order valence-electron chi connectivity index (χ0n) is 9.75. The maximum absolute atomic E-state index is 13.5. The van der Waals surface area contributed by atoms with Gasteiger partial charge < -0.3 is 0 Å². The summed E-state index contributed by atoms with van der Waals surface area (Å²) in [6.45, 7) is 0. The van der Waals surface area contributed by atoms with Gasteiger partial charge >= 0.3 is 0 Å². The van der Waals surface area contributed by atoms with Gasteiger partial charge in [0.1, 0.15) is 5.69 Å². The average Bonchev–Trinajstić information content (AvgIpc) is 2.46. The smallest absolute Gasteiger partial charge is 0.216 e. The molecular formula is C14H8FN3O. The molecule has 0 aliphatic heterocycles. The van der Waals surface area contributed by atoms with Gasteiger partial charge in [0.25, 0.3) is 0 Å². The molecule has 5 heteroatoms. The van der Waals surface area contributed by atoms with Crippen LogP contribution in [0.1, 0.15) is 16.1 Å². The number of rotatable bonds is 2. The summed E-state index contributed by atoms with van der Waals surface area (Å²) in [5.41, 5.74) is 1.35. The van der Waals surface area contributed by atoms with Crippen molar-refractivity contribution < 1.29 is 9.18 Å². The third kappa shape index (κ3) is 2.06. The summed E-state index contributed by atoms with van der Waals surface area (Å²) in [6, 6.07) is 8.51. The zero-order chi connectivity index (χ0) is 13.2. The second-order valence-corrected chi connectivity index (χ2v) is 3.93. The van der Waals surface area contributed by atoms with Crippen molar-refractivity contribution in [3.05, 3.63) is 66.0 Å². The highest BCUT2D eigenvalue weighted by atomic mass is 19.1. The number of hydrogen-bond donors (Lipinski definition) is 0. The first-order chi connectivity index (χ1) is 9.25. The number of aromatic nitrogens is 3. The highest BCUT2D eigenvalue weighted by Crippen LogP contribution is 2.13. The van der Waals surface area contributed by atoms with Crippen molar-refractivity contribution in [3.8, 4) is 0 Å². The molecule has 19 heavy (non-hydrogen) atoms. The highest BCUT2D eigenvalue weighted by molar-refractivity contribution is 6.08. The fourth-order valence-corrected chi connectivity index (χ4v) is 1.76. The number of carbonyl (C=O) groups is 1. The van der Waals surface area contributed by atoms with Crippen molar-refractivity contribution in [3.63, 3.8) is 0 Å². The van der Waals surface area contributed by atoms with Crippen LogP contribution in [0.25, 0.3) is 11.0 Å². The van der Waals surface area contributed by atoms with E-state index < -0.39 is 11.6 Å². The van der Waals surface area contributed by atoms with Crippen molar-refractivity contribution in [2.45, 2.75) is 0 Å². The van der Waals surface area contributed by atoms with Crippen LogP contribution in [0.4, 0.5) is 4.39 Å². The number of nitrogens with zero attached hydrogens (tertiary/aromatic N) is 3. The fraction of sp³-hybridized carbons (Fsp3) is 0. The molecule has 0 spiro atoms. The first kappa shape index (κ1) is 11.4. The van der Waals surface area contributed by atoms with E-state index in [4.69, 9.17) is 0 Å². The molecule has 4 nitrogen and oxygen atoms in total. The van der Waals surface area contributed by atoms with Crippen LogP contribution in [-0.4, -0.2) is 20.7 Å². The normalized spacial score (nSPS) is 10.6. The number of fused-ring (bicyclic) bond motifs is 1. The van der Waals surface area contributed by atoms with Crippen molar-refractivity contribution in [1.29, 1.82) is 0 Å². The molecule has 92 valence electrons. The Morgan fingerprint density at radius 1 is 1.05 bits per heavy atom. The second kappa shape index (κ2) is 4.53. The third-order valence-corrected chi connectivity index (χ3v) is 2.70. The highest BCUT2D eigenvalue weighted by Gasteiger charge is 2.15. The quantitative estimate of drug-likeness (QED) is 0.658. The molecular weight excluding hydrogens is 245 g/mol. The molecule has 0 saturated carbocycles. The van der Waals surface area contributed by atoms with Gasteiger partial charge in [-0.3, -0.25) is 14.8 Å². The molecule has 0 aliphatic carbocycles. The van der Waals surface area contributed by atoms with Crippen LogP contribution in [0, 0.1) is 5.82 Å². The zero-order valence-corrected chi connectivity index (χ0v) is 9.75.